The van der Waals surface area contributed by atoms with E-state index in [1.165, 1.54) is 22.7 Å². The molecule has 0 radical (unpaired) electrons. The number of hydrogen-bond donors (Lipinski definition) is 1. The minimum atomic E-state index is -0.280. The zero-order valence-corrected chi connectivity index (χ0v) is 16.7. The number of aromatic nitrogens is 3. The van der Waals surface area contributed by atoms with Gasteiger partial charge in [0.15, 0.2) is 16.5 Å². The van der Waals surface area contributed by atoms with E-state index in [2.05, 4.69) is 20.3 Å². The van der Waals surface area contributed by atoms with Crippen molar-refractivity contribution in [2.24, 2.45) is 0 Å². The highest BCUT2D eigenvalue weighted by Crippen LogP contribution is 2.31. The summed E-state index contributed by atoms with van der Waals surface area (Å²) in [5.74, 6) is 0.564. The number of hydrogen-bond acceptors (Lipinski definition) is 7. The summed E-state index contributed by atoms with van der Waals surface area (Å²) < 4.78 is 6.82. The molecule has 0 fully saturated rings. The zero-order chi connectivity index (χ0) is 19.6. The normalized spacial score (nSPS) is 11.0. The number of para-hydroxylation sites is 1. The van der Waals surface area contributed by atoms with E-state index in [-0.39, 0.29) is 11.7 Å². The first-order valence-corrected chi connectivity index (χ1v) is 10.5. The molecule has 4 aromatic heterocycles. The number of nitrogens with one attached hydrogen (secondary N) is 1. The molecule has 6 nitrogen and oxygen atoms in total. The summed E-state index contributed by atoms with van der Waals surface area (Å²) in [5, 5.41) is 6.40. The van der Waals surface area contributed by atoms with Gasteiger partial charge in [0.1, 0.15) is 5.01 Å². The number of pyridine rings is 1. The molecule has 5 aromatic rings. The lowest BCUT2D eigenvalue weighted by Crippen LogP contribution is -2.22. The first kappa shape index (κ1) is 17.7. The summed E-state index contributed by atoms with van der Waals surface area (Å²) >= 11 is 3.04. The van der Waals surface area contributed by atoms with Crippen LogP contribution < -0.4 is 5.32 Å². The molecule has 1 N–H and O–H groups in total. The lowest BCUT2D eigenvalue weighted by atomic mass is 10.2. The van der Waals surface area contributed by atoms with Crippen LogP contribution in [0, 0.1) is 0 Å². The maximum absolute atomic E-state index is 12.5. The Balaban J connectivity index is 1.27. The molecule has 0 unspecified atom stereocenters. The number of carbonyl (C=O) groups is 1. The van der Waals surface area contributed by atoms with Crippen molar-refractivity contribution in [3.8, 4) is 22.0 Å². The van der Waals surface area contributed by atoms with Gasteiger partial charge in [-0.25, -0.2) is 9.97 Å². The number of thiazole rings is 2. The standard InChI is InChI=1S/C21H14N4O2S2/c26-20(23-11-19-24-15(12-28-19)13-7-9-22-10-8-13)16-5-6-17(27-16)21-25-14-3-1-2-4-18(14)29-21/h1-10,12H,11H2,(H,23,26). The maximum Gasteiger partial charge on any atom is 0.287 e. The van der Waals surface area contributed by atoms with Gasteiger partial charge in [-0.3, -0.25) is 9.78 Å². The van der Waals surface area contributed by atoms with Gasteiger partial charge in [-0.05, 0) is 36.4 Å². The van der Waals surface area contributed by atoms with Gasteiger partial charge in [-0.15, -0.1) is 22.7 Å². The SMILES string of the molecule is O=C(NCc1nc(-c2ccncc2)cs1)c1ccc(-c2nc3ccccc3s2)o1. The Bertz CT molecular complexity index is 1260. The molecule has 0 spiro atoms. The lowest BCUT2D eigenvalue weighted by Gasteiger charge is -2.00. The zero-order valence-electron chi connectivity index (χ0n) is 15.0. The molecule has 1 aromatic carbocycles. The number of amides is 1. The number of fused-ring (bicyclic) bond motifs is 1. The Hall–Kier alpha value is -3.36. The molecule has 0 atom stereocenters. The molecule has 1 amide bonds. The second-order valence-electron chi connectivity index (χ2n) is 6.20. The Kier molecular flexibility index (Phi) is 4.63. The number of furan rings is 1. The van der Waals surface area contributed by atoms with Crippen LogP contribution in [0.4, 0.5) is 0 Å². The van der Waals surface area contributed by atoms with Crippen LogP contribution in [0.2, 0.25) is 0 Å². The number of carbonyl (C=O) groups excluding carboxylic acids is 1. The Labute approximate surface area is 173 Å². The molecule has 5 rings (SSSR count). The summed E-state index contributed by atoms with van der Waals surface area (Å²) in [6, 6.07) is 15.2. The van der Waals surface area contributed by atoms with Gasteiger partial charge in [0.25, 0.3) is 5.91 Å². The Morgan fingerprint density at radius 3 is 2.76 bits per heavy atom. The summed E-state index contributed by atoms with van der Waals surface area (Å²) in [4.78, 5) is 25.6. The summed E-state index contributed by atoms with van der Waals surface area (Å²) in [6.07, 6.45) is 3.46. The molecule has 0 saturated carbocycles. The minimum Gasteiger partial charge on any atom is -0.448 e. The van der Waals surface area contributed by atoms with Gasteiger partial charge < -0.3 is 9.73 Å². The van der Waals surface area contributed by atoms with Crippen LogP contribution in [0.1, 0.15) is 15.6 Å². The molecular weight excluding hydrogens is 404 g/mol. The molecule has 0 saturated heterocycles. The van der Waals surface area contributed by atoms with E-state index in [1.54, 1.807) is 24.5 Å². The Morgan fingerprint density at radius 1 is 1.03 bits per heavy atom. The molecule has 142 valence electrons. The predicted molar refractivity (Wildman–Crippen MR) is 114 cm³/mol. The van der Waals surface area contributed by atoms with Gasteiger partial charge >= 0.3 is 0 Å². The van der Waals surface area contributed by atoms with Crippen LogP contribution >= 0.6 is 22.7 Å². The predicted octanol–water partition coefficient (Wildman–Crippen LogP) is 5.00. The average molecular weight is 419 g/mol. The highest BCUT2D eigenvalue weighted by Gasteiger charge is 2.15. The van der Waals surface area contributed by atoms with Crippen molar-refractivity contribution in [2.75, 3.05) is 0 Å². The molecule has 0 aliphatic carbocycles. The van der Waals surface area contributed by atoms with Crippen molar-refractivity contribution in [1.29, 1.82) is 0 Å². The third-order valence-electron chi connectivity index (χ3n) is 4.26. The van der Waals surface area contributed by atoms with E-state index in [0.29, 0.717) is 12.3 Å². The van der Waals surface area contributed by atoms with E-state index in [4.69, 9.17) is 4.42 Å². The largest absolute Gasteiger partial charge is 0.448 e. The first-order chi connectivity index (χ1) is 14.3. The van der Waals surface area contributed by atoms with E-state index in [1.807, 2.05) is 41.8 Å². The van der Waals surface area contributed by atoms with Crippen LogP contribution in [0.25, 0.3) is 32.2 Å². The number of benzene rings is 1. The first-order valence-electron chi connectivity index (χ1n) is 8.85. The van der Waals surface area contributed by atoms with Crippen molar-refractivity contribution in [1.82, 2.24) is 20.3 Å². The maximum atomic E-state index is 12.5. The van der Waals surface area contributed by atoms with Gasteiger partial charge in [0.2, 0.25) is 0 Å². The molecule has 0 aliphatic rings. The third-order valence-corrected chi connectivity index (χ3v) is 6.16. The molecular formula is C21H14N4O2S2. The molecule has 0 aliphatic heterocycles. The third kappa shape index (κ3) is 3.67. The van der Waals surface area contributed by atoms with E-state index >= 15 is 0 Å². The van der Waals surface area contributed by atoms with Crippen LogP contribution in [0.3, 0.4) is 0 Å². The second-order valence-corrected chi connectivity index (χ2v) is 8.17. The van der Waals surface area contributed by atoms with Crippen molar-refractivity contribution in [3.05, 3.63) is 77.1 Å². The van der Waals surface area contributed by atoms with Crippen LogP contribution in [-0.2, 0) is 6.54 Å². The fraction of sp³-hybridized carbons (Fsp3) is 0.0476. The van der Waals surface area contributed by atoms with Crippen molar-refractivity contribution in [2.45, 2.75) is 6.54 Å². The van der Waals surface area contributed by atoms with E-state index < -0.39 is 0 Å². The lowest BCUT2D eigenvalue weighted by molar-refractivity contribution is 0.0924. The summed E-state index contributed by atoms with van der Waals surface area (Å²) in [7, 11) is 0. The number of nitrogens with zero attached hydrogens (tertiary/aromatic N) is 3. The highest BCUT2D eigenvalue weighted by molar-refractivity contribution is 7.21. The quantitative estimate of drug-likeness (QED) is 0.434. The van der Waals surface area contributed by atoms with E-state index in [9.17, 15) is 4.79 Å². The van der Waals surface area contributed by atoms with Gasteiger partial charge in [0, 0.05) is 23.3 Å². The molecule has 0 bridgehead atoms. The molecule has 4 heterocycles. The fourth-order valence-corrected chi connectivity index (χ4v) is 4.51. The monoisotopic (exact) mass is 418 g/mol. The average Bonchev–Trinajstić information content (AvgIpc) is 3.51. The second kappa shape index (κ2) is 7.57. The molecule has 29 heavy (non-hydrogen) atoms. The minimum absolute atomic E-state index is 0.255. The smallest absolute Gasteiger partial charge is 0.287 e. The molecule has 8 heteroatoms. The highest BCUT2D eigenvalue weighted by atomic mass is 32.1. The summed E-state index contributed by atoms with van der Waals surface area (Å²) in [5.41, 5.74) is 2.79. The van der Waals surface area contributed by atoms with Crippen LogP contribution in [0.15, 0.2) is 70.7 Å². The van der Waals surface area contributed by atoms with Crippen LogP contribution in [0.5, 0.6) is 0 Å². The van der Waals surface area contributed by atoms with E-state index in [0.717, 1.165) is 31.5 Å². The van der Waals surface area contributed by atoms with Crippen molar-refractivity contribution >= 4 is 38.8 Å². The summed E-state index contributed by atoms with van der Waals surface area (Å²) in [6.45, 7) is 0.339. The Morgan fingerprint density at radius 2 is 1.90 bits per heavy atom. The van der Waals surface area contributed by atoms with Crippen molar-refractivity contribution in [3.63, 3.8) is 0 Å². The van der Waals surface area contributed by atoms with Gasteiger partial charge in [-0.2, -0.15) is 0 Å². The topological polar surface area (TPSA) is 80.9 Å². The van der Waals surface area contributed by atoms with Gasteiger partial charge in [0.05, 0.1) is 22.5 Å². The van der Waals surface area contributed by atoms with Gasteiger partial charge in [-0.1, -0.05) is 12.1 Å². The van der Waals surface area contributed by atoms with Crippen molar-refractivity contribution < 1.29 is 9.21 Å². The fourth-order valence-electron chi connectivity index (χ4n) is 2.84. The van der Waals surface area contributed by atoms with Crippen LogP contribution in [-0.4, -0.2) is 20.9 Å². The number of rotatable bonds is 5.